The number of hydrogen-bond acceptors (Lipinski definition) is 5. The Morgan fingerprint density at radius 2 is 2.11 bits per heavy atom. The average Bonchev–Trinajstić information content (AvgIpc) is 2.75. The molecule has 0 fully saturated rings. The Hall–Kier alpha value is -1.95. The summed E-state index contributed by atoms with van der Waals surface area (Å²) < 4.78 is 5.24. The second kappa shape index (κ2) is 5.59. The van der Waals surface area contributed by atoms with Gasteiger partial charge in [-0.2, -0.15) is 4.80 Å². The van der Waals surface area contributed by atoms with E-state index in [9.17, 15) is 5.11 Å². The van der Waals surface area contributed by atoms with Gasteiger partial charge in [-0.1, -0.05) is 18.2 Å². The fourth-order valence-electron chi connectivity index (χ4n) is 1.81. The molecule has 1 atom stereocenters. The summed E-state index contributed by atoms with van der Waals surface area (Å²) in [6.07, 6.45) is 0.333. The number of methoxy groups -OCH3 is 1. The first kappa shape index (κ1) is 12.5. The molecule has 0 bridgehead atoms. The maximum absolute atomic E-state index is 10.0. The van der Waals surface area contributed by atoms with E-state index in [1.54, 1.807) is 14.2 Å². The number of para-hydroxylation sites is 1. The van der Waals surface area contributed by atoms with Crippen molar-refractivity contribution in [1.29, 1.82) is 0 Å². The van der Waals surface area contributed by atoms with Gasteiger partial charge in [0.2, 0.25) is 0 Å². The topological polar surface area (TPSA) is 73.1 Å². The molecule has 1 N–H and O–H groups in total. The highest BCUT2D eigenvalue weighted by Gasteiger charge is 2.13. The molecule has 0 amide bonds. The molecule has 0 saturated carbocycles. The molecule has 0 radical (unpaired) electrons. The zero-order chi connectivity index (χ0) is 13.0. The Labute approximate surface area is 105 Å². The summed E-state index contributed by atoms with van der Waals surface area (Å²) in [6, 6.07) is 7.64. The molecule has 18 heavy (non-hydrogen) atoms. The highest BCUT2D eigenvalue weighted by Crippen LogP contribution is 2.19. The van der Waals surface area contributed by atoms with E-state index in [-0.39, 0.29) is 0 Å². The smallest absolute Gasteiger partial charge is 0.177 e. The molecular weight excluding hydrogens is 232 g/mol. The fraction of sp³-hybridized carbons (Fsp3) is 0.417. The molecule has 0 aliphatic carbocycles. The Balaban J connectivity index is 2.00. The van der Waals surface area contributed by atoms with Crippen LogP contribution in [0.25, 0.3) is 0 Å². The minimum atomic E-state index is -0.550. The summed E-state index contributed by atoms with van der Waals surface area (Å²) >= 11 is 0. The van der Waals surface area contributed by atoms with Crippen molar-refractivity contribution in [2.24, 2.45) is 7.05 Å². The summed E-state index contributed by atoms with van der Waals surface area (Å²) in [4.78, 5) is 1.38. The Bertz CT molecular complexity index is 512. The van der Waals surface area contributed by atoms with Crippen LogP contribution in [-0.4, -0.2) is 38.5 Å². The van der Waals surface area contributed by atoms with Crippen LogP contribution in [0.4, 0.5) is 0 Å². The monoisotopic (exact) mass is 248 g/mol. The molecule has 1 unspecified atom stereocenters. The zero-order valence-electron chi connectivity index (χ0n) is 10.4. The first-order chi connectivity index (χ1) is 8.69. The molecule has 0 aliphatic rings. The van der Waals surface area contributed by atoms with Crippen LogP contribution >= 0.6 is 0 Å². The van der Waals surface area contributed by atoms with Crippen LogP contribution in [0.15, 0.2) is 24.3 Å². The van der Waals surface area contributed by atoms with E-state index in [1.165, 1.54) is 4.80 Å². The van der Waals surface area contributed by atoms with Crippen molar-refractivity contribution in [3.8, 4) is 5.75 Å². The van der Waals surface area contributed by atoms with E-state index in [0.29, 0.717) is 18.7 Å². The van der Waals surface area contributed by atoms with Crippen LogP contribution in [0.2, 0.25) is 0 Å². The van der Waals surface area contributed by atoms with Gasteiger partial charge in [-0.05, 0) is 16.8 Å². The molecule has 96 valence electrons. The normalized spacial score (nSPS) is 12.4. The Morgan fingerprint density at radius 3 is 2.78 bits per heavy atom. The lowest BCUT2D eigenvalue weighted by Crippen LogP contribution is -2.15. The lowest BCUT2D eigenvalue weighted by Gasteiger charge is -2.11. The maximum atomic E-state index is 10.0. The lowest BCUT2D eigenvalue weighted by atomic mass is 10.0. The second-order valence-electron chi connectivity index (χ2n) is 4.07. The minimum absolute atomic E-state index is 0.381. The highest BCUT2D eigenvalue weighted by molar-refractivity contribution is 5.33. The third kappa shape index (κ3) is 3.04. The van der Waals surface area contributed by atoms with E-state index >= 15 is 0 Å². The van der Waals surface area contributed by atoms with Gasteiger partial charge in [-0.25, -0.2) is 0 Å². The van der Waals surface area contributed by atoms with Crippen molar-refractivity contribution >= 4 is 0 Å². The van der Waals surface area contributed by atoms with Crippen LogP contribution in [0, 0.1) is 0 Å². The Kier molecular flexibility index (Phi) is 3.88. The van der Waals surface area contributed by atoms with Gasteiger partial charge in [0.15, 0.2) is 5.82 Å². The van der Waals surface area contributed by atoms with Crippen molar-refractivity contribution in [2.75, 3.05) is 7.11 Å². The molecule has 0 saturated heterocycles. The lowest BCUT2D eigenvalue weighted by molar-refractivity contribution is 0.171. The van der Waals surface area contributed by atoms with Crippen LogP contribution < -0.4 is 4.74 Å². The highest BCUT2D eigenvalue weighted by atomic mass is 16.5. The quantitative estimate of drug-likeness (QED) is 0.827. The van der Waals surface area contributed by atoms with Crippen LogP contribution in [0.1, 0.15) is 11.4 Å². The van der Waals surface area contributed by atoms with Crippen LogP contribution in [0.3, 0.4) is 0 Å². The van der Waals surface area contributed by atoms with Crippen LogP contribution in [0.5, 0.6) is 5.75 Å². The number of benzene rings is 1. The van der Waals surface area contributed by atoms with Gasteiger partial charge in [0.25, 0.3) is 0 Å². The molecule has 2 aromatic rings. The molecule has 1 heterocycles. The predicted molar refractivity (Wildman–Crippen MR) is 65.2 cm³/mol. The summed E-state index contributed by atoms with van der Waals surface area (Å²) in [5.41, 5.74) is 0.969. The average molecular weight is 248 g/mol. The third-order valence-electron chi connectivity index (χ3n) is 2.62. The number of aryl methyl sites for hydroxylation is 1. The number of rotatable bonds is 5. The Morgan fingerprint density at radius 1 is 1.33 bits per heavy atom. The van der Waals surface area contributed by atoms with E-state index in [2.05, 4.69) is 15.4 Å². The van der Waals surface area contributed by atoms with E-state index < -0.39 is 6.10 Å². The standard InChI is InChI=1S/C12H16N4O2/c1-16-14-12(13-15-16)8-10(17)7-9-5-3-4-6-11(9)18-2/h3-6,10,17H,7-8H2,1-2H3. The van der Waals surface area contributed by atoms with Crippen molar-refractivity contribution < 1.29 is 9.84 Å². The van der Waals surface area contributed by atoms with Gasteiger partial charge in [-0.3, -0.25) is 0 Å². The van der Waals surface area contributed by atoms with Gasteiger partial charge in [-0.15, -0.1) is 10.2 Å². The number of tetrazole rings is 1. The van der Waals surface area contributed by atoms with E-state index in [0.717, 1.165) is 11.3 Å². The number of hydrogen-bond donors (Lipinski definition) is 1. The van der Waals surface area contributed by atoms with Gasteiger partial charge in [0.1, 0.15) is 5.75 Å². The molecular formula is C12H16N4O2. The first-order valence-corrected chi connectivity index (χ1v) is 5.72. The van der Waals surface area contributed by atoms with E-state index in [1.807, 2.05) is 24.3 Å². The SMILES string of the molecule is COc1ccccc1CC(O)Cc1nnn(C)n1. The number of aliphatic hydroxyl groups excluding tert-OH is 1. The summed E-state index contributed by atoms with van der Waals surface area (Å²) in [6.45, 7) is 0. The van der Waals surface area contributed by atoms with Gasteiger partial charge in [0, 0.05) is 12.8 Å². The van der Waals surface area contributed by atoms with Crippen molar-refractivity contribution in [1.82, 2.24) is 20.2 Å². The first-order valence-electron chi connectivity index (χ1n) is 5.72. The second-order valence-corrected chi connectivity index (χ2v) is 4.07. The van der Waals surface area contributed by atoms with Crippen molar-refractivity contribution in [3.63, 3.8) is 0 Å². The van der Waals surface area contributed by atoms with Gasteiger partial charge in [0.05, 0.1) is 20.3 Å². The number of aliphatic hydroxyl groups is 1. The predicted octanol–water partition coefficient (Wildman–Crippen LogP) is 0.365. The molecule has 6 heteroatoms. The summed E-state index contributed by atoms with van der Waals surface area (Å²) in [7, 11) is 3.32. The summed E-state index contributed by atoms with van der Waals surface area (Å²) in [5.74, 6) is 1.32. The maximum Gasteiger partial charge on any atom is 0.177 e. The van der Waals surface area contributed by atoms with E-state index in [4.69, 9.17) is 4.74 Å². The number of ether oxygens (including phenoxy) is 1. The molecule has 2 rings (SSSR count). The van der Waals surface area contributed by atoms with Crippen LogP contribution in [-0.2, 0) is 19.9 Å². The fourth-order valence-corrected chi connectivity index (χ4v) is 1.81. The molecule has 6 nitrogen and oxygen atoms in total. The van der Waals surface area contributed by atoms with Gasteiger partial charge >= 0.3 is 0 Å². The zero-order valence-corrected chi connectivity index (χ0v) is 10.4. The molecule has 0 aliphatic heterocycles. The molecule has 1 aromatic carbocycles. The number of nitrogens with zero attached hydrogens (tertiary/aromatic N) is 4. The molecule has 0 spiro atoms. The third-order valence-corrected chi connectivity index (χ3v) is 2.62. The minimum Gasteiger partial charge on any atom is -0.496 e. The van der Waals surface area contributed by atoms with Crippen molar-refractivity contribution in [3.05, 3.63) is 35.7 Å². The van der Waals surface area contributed by atoms with Crippen molar-refractivity contribution in [2.45, 2.75) is 18.9 Å². The largest absolute Gasteiger partial charge is 0.496 e. The molecule has 1 aromatic heterocycles. The van der Waals surface area contributed by atoms with Gasteiger partial charge < -0.3 is 9.84 Å². The summed E-state index contributed by atoms with van der Waals surface area (Å²) in [5, 5.41) is 21.6. The number of aromatic nitrogens is 4.